The molecule has 0 saturated heterocycles. The first kappa shape index (κ1) is 15.7. The molecule has 0 aliphatic rings. The number of carbonyl (C=O) groups is 2. The van der Waals surface area contributed by atoms with Crippen LogP contribution in [-0.4, -0.2) is 11.8 Å². The normalized spacial score (nSPS) is 10.4. The van der Waals surface area contributed by atoms with Crippen LogP contribution in [0.1, 0.15) is 23.7 Å². The maximum atomic E-state index is 12.4. The van der Waals surface area contributed by atoms with Gasteiger partial charge in [0.05, 0.1) is 0 Å². The van der Waals surface area contributed by atoms with Crippen molar-refractivity contribution in [3.05, 3.63) is 72.3 Å². The van der Waals surface area contributed by atoms with Gasteiger partial charge in [-0.05, 0) is 41.1 Å². The van der Waals surface area contributed by atoms with Crippen LogP contribution < -0.4 is 10.6 Å². The number of rotatable bonds is 4. The molecule has 0 saturated carbocycles. The van der Waals surface area contributed by atoms with Crippen LogP contribution in [0.3, 0.4) is 0 Å². The Balaban J connectivity index is 1.78. The summed E-state index contributed by atoms with van der Waals surface area (Å²) in [5.41, 5.74) is 1.85. The van der Waals surface area contributed by atoms with E-state index in [1.54, 1.807) is 31.2 Å². The molecule has 3 aromatic carbocycles. The Morgan fingerprint density at radius 3 is 2.33 bits per heavy atom. The highest BCUT2D eigenvalue weighted by Crippen LogP contribution is 2.20. The van der Waals surface area contributed by atoms with Crippen LogP contribution in [0.4, 0.5) is 11.4 Å². The van der Waals surface area contributed by atoms with Crippen molar-refractivity contribution in [2.75, 3.05) is 10.6 Å². The minimum atomic E-state index is -0.210. The molecule has 0 unspecified atom stereocenters. The molecule has 2 amide bonds. The molecular weight excluding hydrogens is 300 g/mol. The fraction of sp³-hybridized carbons (Fsp3) is 0.100. The number of hydrogen-bond donors (Lipinski definition) is 2. The molecule has 2 N–H and O–H groups in total. The van der Waals surface area contributed by atoms with Crippen molar-refractivity contribution in [1.82, 2.24) is 0 Å². The summed E-state index contributed by atoms with van der Waals surface area (Å²) in [7, 11) is 0. The number of hydrogen-bond acceptors (Lipinski definition) is 2. The molecule has 0 heterocycles. The third kappa shape index (κ3) is 3.60. The highest BCUT2D eigenvalue weighted by molar-refractivity contribution is 6.06. The third-order valence-electron chi connectivity index (χ3n) is 3.74. The SMILES string of the molecule is CCC(=O)Nc1cccc(C(=O)Nc2ccc3ccccc3c2)c1. The molecular formula is C20H18N2O2. The Hall–Kier alpha value is -3.14. The fourth-order valence-electron chi connectivity index (χ4n) is 2.46. The topological polar surface area (TPSA) is 58.2 Å². The summed E-state index contributed by atoms with van der Waals surface area (Å²) in [4.78, 5) is 23.9. The summed E-state index contributed by atoms with van der Waals surface area (Å²) < 4.78 is 0. The lowest BCUT2D eigenvalue weighted by Gasteiger charge is -2.09. The average molecular weight is 318 g/mol. The lowest BCUT2D eigenvalue weighted by molar-refractivity contribution is -0.115. The van der Waals surface area contributed by atoms with Gasteiger partial charge >= 0.3 is 0 Å². The van der Waals surface area contributed by atoms with E-state index in [9.17, 15) is 9.59 Å². The maximum absolute atomic E-state index is 12.4. The molecule has 0 atom stereocenters. The first-order chi connectivity index (χ1) is 11.7. The maximum Gasteiger partial charge on any atom is 0.255 e. The van der Waals surface area contributed by atoms with Crippen LogP contribution in [-0.2, 0) is 4.79 Å². The Morgan fingerprint density at radius 2 is 1.54 bits per heavy atom. The van der Waals surface area contributed by atoms with Gasteiger partial charge in [-0.1, -0.05) is 43.3 Å². The molecule has 0 spiro atoms. The Morgan fingerprint density at radius 1 is 0.792 bits per heavy atom. The summed E-state index contributed by atoms with van der Waals surface area (Å²) >= 11 is 0. The van der Waals surface area contributed by atoms with Gasteiger partial charge in [-0.3, -0.25) is 9.59 Å². The lowest BCUT2D eigenvalue weighted by Crippen LogP contribution is -2.13. The van der Waals surface area contributed by atoms with Gasteiger partial charge in [0, 0.05) is 23.4 Å². The van der Waals surface area contributed by atoms with Crippen LogP contribution in [0.15, 0.2) is 66.7 Å². The van der Waals surface area contributed by atoms with Gasteiger partial charge < -0.3 is 10.6 Å². The predicted molar refractivity (Wildman–Crippen MR) is 97.3 cm³/mol. The lowest BCUT2D eigenvalue weighted by atomic mass is 10.1. The van der Waals surface area contributed by atoms with E-state index in [2.05, 4.69) is 10.6 Å². The Labute approximate surface area is 140 Å². The van der Waals surface area contributed by atoms with Gasteiger partial charge in [-0.25, -0.2) is 0 Å². The monoisotopic (exact) mass is 318 g/mol. The average Bonchev–Trinajstić information content (AvgIpc) is 2.61. The van der Waals surface area contributed by atoms with Crippen molar-refractivity contribution in [1.29, 1.82) is 0 Å². The molecule has 0 radical (unpaired) electrons. The van der Waals surface area contributed by atoms with Crippen LogP contribution in [0.5, 0.6) is 0 Å². The molecule has 3 rings (SSSR count). The van der Waals surface area contributed by atoms with Gasteiger partial charge in [0.25, 0.3) is 5.91 Å². The summed E-state index contributed by atoms with van der Waals surface area (Å²) in [6.07, 6.45) is 0.396. The zero-order valence-electron chi connectivity index (χ0n) is 13.4. The molecule has 3 aromatic rings. The zero-order chi connectivity index (χ0) is 16.9. The number of benzene rings is 3. The molecule has 0 aromatic heterocycles. The fourth-order valence-corrected chi connectivity index (χ4v) is 2.46. The quantitative estimate of drug-likeness (QED) is 0.747. The van der Waals surface area contributed by atoms with Crippen molar-refractivity contribution >= 4 is 34.0 Å². The van der Waals surface area contributed by atoms with Crippen molar-refractivity contribution in [3.8, 4) is 0 Å². The highest BCUT2D eigenvalue weighted by Gasteiger charge is 2.08. The number of nitrogens with one attached hydrogen (secondary N) is 2. The third-order valence-corrected chi connectivity index (χ3v) is 3.74. The predicted octanol–water partition coefficient (Wildman–Crippen LogP) is 4.44. The smallest absolute Gasteiger partial charge is 0.255 e. The van der Waals surface area contributed by atoms with Gasteiger partial charge in [0.2, 0.25) is 5.91 Å². The van der Waals surface area contributed by atoms with E-state index >= 15 is 0 Å². The molecule has 0 fully saturated rings. The van der Waals surface area contributed by atoms with Gasteiger partial charge in [0.15, 0.2) is 0 Å². The minimum Gasteiger partial charge on any atom is -0.326 e. The van der Waals surface area contributed by atoms with E-state index in [0.717, 1.165) is 16.5 Å². The summed E-state index contributed by atoms with van der Waals surface area (Å²) in [6.45, 7) is 1.78. The summed E-state index contributed by atoms with van der Waals surface area (Å²) in [5.74, 6) is -0.292. The number of carbonyl (C=O) groups excluding carboxylic acids is 2. The van der Waals surface area contributed by atoms with Crippen LogP contribution in [0, 0.1) is 0 Å². The van der Waals surface area contributed by atoms with E-state index < -0.39 is 0 Å². The second kappa shape index (κ2) is 6.96. The number of fused-ring (bicyclic) bond motifs is 1. The van der Waals surface area contributed by atoms with Crippen LogP contribution in [0.25, 0.3) is 10.8 Å². The van der Waals surface area contributed by atoms with Crippen LogP contribution >= 0.6 is 0 Å². The van der Waals surface area contributed by atoms with E-state index in [4.69, 9.17) is 0 Å². The Bertz CT molecular complexity index is 903. The van der Waals surface area contributed by atoms with E-state index in [1.807, 2.05) is 42.5 Å². The van der Waals surface area contributed by atoms with Gasteiger partial charge in [-0.15, -0.1) is 0 Å². The Kier molecular flexibility index (Phi) is 4.57. The second-order valence-corrected chi connectivity index (χ2v) is 5.50. The first-order valence-corrected chi connectivity index (χ1v) is 7.86. The minimum absolute atomic E-state index is 0.0814. The summed E-state index contributed by atoms with van der Waals surface area (Å²) in [6, 6.07) is 20.7. The molecule has 0 bridgehead atoms. The van der Waals surface area contributed by atoms with Crippen LogP contribution in [0.2, 0.25) is 0 Å². The standard InChI is InChI=1S/C20H18N2O2/c1-2-19(23)21-17-9-5-8-16(13-17)20(24)22-18-11-10-14-6-3-4-7-15(14)12-18/h3-13H,2H2,1H3,(H,21,23)(H,22,24). The first-order valence-electron chi connectivity index (χ1n) is 7.86. The van der Waals surface area contributed by atoms with Gasteiger partial charge in [-0.2, -0.15) is 0 Å². The largest absolute Gasteiger partial charge is 0.326 e. The molecule has 120 valence electrons. The number of amides is 2. The zero-order valence-corrected chi connectivity index (χ0v) is 13.4. The molecule has 4 heteroatoms. The molecule has 24 heavy (non-hydrogen) atoms. The van der Waals surface area contributed by atoms with E-state index in [0.29, 0.717) is 17.7 Å². The molecule has 4 nitrogen and oxygen atoms in total. The summed E-state index contributed by atoms with van der Waals surface area (Å²) in [5, 5.41) is 7.84. The highest BCUT2D eigenvalue weighted by atomic mass is 16.2. The van der Waals surface area contributed by atoms with Crippen molar-refractivity contribution in [2.24, 2.45) is 0 Å². The van der Waals surface area contributed by atoms with E-state index in [1.165, 1.54) is 0 Å². The molecule has 0 aliphatic heterocycles. The number of anilines is 2. The van der Waals surface area contributed by atoms with Crippen molar-refractivity contribution in [3.63, 3.8) is 0 Å². The van der Waals surface area contributed by atoms with Gasteiger partial charge in [0.1, 0.15) is 0 Å². The van der Waals surface area contributed by atoms with Crippen molar-refractivity contribution in [2.45, 2.75) is 13.3 Å². The van der Waals surface area contributed by atoms with Crippen molar-refractivity contribution < 1.29 is 9.59 Å². The van der Waals surface area contributed by atoms with E-state index in [-0.39, 0.29) is 11.8 Å². The second-order valence-electron chi connectivity index (χ2n) is 5.50. The molecule has 0 aliphatic carbocycles.